The van der Waals surface area contributed by atoms with Gasteiger partial charge in [-0.3, -0.25) is 4.79 Å². The van der Waals surface area contributed by atoms with Gasteiger partial charge in [-0.15, -0.1) is 0 Å². The summed E-state index contributed by atoms with van der Waals surface area (Å²) in [7, 11) is 0. The van der Waals surface area contributed by atoms with Crippen molar-refractivity contribution < 1.29 is 9.90 Å². The maximum absolute atomic E-state index is 11.2. The van der Waals surface area contributed by atoms with E-state index in [-0.39, 0.29) is 11.5 Å². The molecule has 0 aromatic heterocycles. The number of hydrogen-bond acceptors (Lipinski definition) is 2. The second kappa shape index (κ2) is 2.45. The average molecular weight is 225 g/mol. The van der Waals surface area contributed by atoms with Crippen LogP contribution in [-0.2, 0) is 0 Å². The Morgan fingerprint density at radius 3 is 2.75 bits per heavy atom. The number of carbonyl (C=O) groups is 1. The maximum atomic E-state index is 11.2. The number of phenols is 1. The topological polar surface area (TPSA) is 37.3 Å². The summed E-state index contributed by atoms with van der Waals surface area (Å²) >= 11 is 3.22. The van der Waals surface area contributed by atoms with E-state index in [4.69, 9.17) is 0 Å². The first kappa shape index (κ1) is 7.55. The highest BCUT2D eigenvalue weighted by Crippen LogP contribution is 2.31. The molecule has 0 spiro atoms. The molecule has 0 fully saturated rings. The van der Waals surface area contributed by atoms with E-state index in [0.717, 1.165) is 5.56 Å². The van der Waals surface area contributed by atoms with Crippen molar-refractivity contribution in [2.24, 2.45) is 0 Å². The SMILES string of the molecule is O=C1C=Cc2cc(O)cc(Br)c21. The van der Waals surface area contributed by atoms with Gasteiger partial charge in [0, 0.05) is 10.0 Å². The summed E-state index contributed by atoms with van der Waals surface area (Å²) < 4.78 is 0.646. The fraction of sp³-hybridized carbons (Fsp3) is 0. The second-order valence-corrected chi connectivity index (χ2v) is 3.44. The van der Waals surface area contributed by atoms with Crippen molar-refractivity contribution in [3.8, 4) is 5.75 Å². The molecule has 3 heteroatoms. The lowest BCUT2D eigenvalue weighted by Gasteiger charge is -2.01. The van der Waals surface area contributed by atoms with E-state index >= 15 is 0 Å². The third-order valence-corrected chi connectivity index (χ3v) is 2.39. The molecule has 0 atom stereocenters. The summed E-state index contributed by atoms with van der Waals surface area (Å²) in [6.45, 7) is 0. The van der Waals surface area contributed by atoms with Crippen molar-refractivity contribution in [1.82, 2.24) is 0 Å². The van der Waals surface area contributed by atoms with Gasteiger partial charge in [-0.25, -0.2) is 0 Å². The van der Waals surface area contributed by atoms with Crippen LogP contribution in [0.4, 0.5) is 0 Å². The van der Waals surface area contributed by atoms with Crippen molar-refractivity contribution in [1.29, 1.82) is 0 Å². The van der Waals surface area contributed by atoms with Gasteiger partial charge in [-0.2, -0.15) is 0 Å². The molecule has 0 saturated heterocycles. The number of rotatable bonds is 0. The van der Waals surface area contributed by atoms with E-state index in [0.29, 0.717) is 10.0 Å². The summed E-state index contributed by atoms with van der Waals surface area (Å²) in [6.07, 6.45) is 3.19. The molecule has 0 bridgehead atoms. The smallest absolute Gasteiger partial charge is 0.187 e. The Morgan fingerprint density at radius 2 is 2.00 bits per heavy atom. The zero-order chi connectivity index (χ0) is 8.72. The summed E-state index contributed by atoms with van der Waals surface area (Å²) in [5, 5.41) is 9.19. The van der Waals surface area contributed by atoms with Crippen LogP contribution in [-0.4, -0.2) is 10.9 Å². The summed E-state index contributed by atoms with van der Waals surface area (Å²) in [5.41, 5.74) is 1.40. The van der Waals surface area contributed by atoms with Crippen molar-refractivity contribution >= 4 is 27.8 Å². The first-order valence-corrected chi connectivity index (χ1v) is 4.23. The lowest BCUT2D eigenvalue weighted by molar-refractivity contribution is 0.104. The minimum absolute atomic E-state index is 0.0168. The molecule has 0 radical (unpaired) electrons. The summed E-state index contributed by atoms with van der Waals surface area (Å²) in [5.74, 6) is 0.150. The summed E-state index contributed by atoms with van der Waals surface area (Å²) in [6, 6.07) is 3.09. The first-order valence-electron chi connectivity index (χ1n) is 3.43. The van der Waals surface area contributed by atoms with E-state index in [1.807, 2.05) is 0 Å². The molecule has 0 saturated carbocycles. The van der Waals surface area contributed by atoms with Gasteiger partial charge < -0.3 is 5.11 Å². The van der Waals surface area contributed by atoms with E-state index in [9.17, 15) is 9.90 Å². The minimum Gasteiger partial charge on any atom is -0.508 e. The lowest BCUT2D eigenvalue weighted by Crippen LogP contribution is -1.92. The fourth-order valence-electron chi connectivity index (χ4n) is 1.25. The van der Waals surface area contributed by atoms with E-state index in [1.165, 1.54) is 12.1 Å². The second-order valence-electron chi connectivity index (χ2n) is 2.59. The van der Waals surface area contributed by atoms with Gasteiger partial charge in [0.1, 0.15) is 5.75 Å². The molecular formula is C9H5BrO2. The quantitative estimate of drug-likeness (QED) is 0.735. The van der Waals surface area contributed by atoms with Crippen LogP contribution in [0, 0.1) is 0 Å². The molecule has 60 valence electrons. The fourth-order valence-corrected chi connectivity index (χ4v) is 1.91. The van der Waals surface area contributed by atoms with Crippen LogP contribution in [0.25, 0.3) is 6.08 Å². The highest BCUT2D eigenvalue weighted by Gasteiger charge is 2.17. The van der Waals surface area contributed by atoms with Gasteiger partial charge in [0.2, 0.25) is 0 Å². The zero-order valence-corrected chi connectivity index (χ0v) is 7.63. The number of carbonyl (C=O) groups excluding carboxylic acids is 1. The van der Waals surface area contributed by atoms with Crippen LogP contribution in [0.1, 0.15) is 15.9 Å². The standard InChI is InChI=1S/C9H5BrO2/c10-7-4-6(11)3-5-1-2-8(12)9(5)7/h1-4,11H. The average Bonchev–Trinajstić information content (AvgIpc) is 2.31. The molecule has 0 unspecified atom stereocenters. The highest BCUT2D eigenvalue weighted by molar-refractivity contribution is 9.10. The molecule has 1 aliphatic rings. The van der Waals surface area contributed by atoms with Gasteiger partial charge in [0.25, 0.3) is 0 Å². The molecule has 2 rings (SSSR count). The molecule has 1 N–H and O–H groups in total. The zero-order valence-electron chi connectivity index (χ0n) is 6.04. The number of halogens is 1. The minimum atomic E-state index is -0.0168. The number of hydrogen-bond donors (Lipinski definition) is 1. The Hall–Kier alpha value is -1.09. The van der Waals surface area contributed by atoms with Gasteiger partial charge in [0.15, 0.2) is 5.78 Å². The molecule has 0 heterocycles. The number of phenolic OH excluding ortho intramolecular Hbond substituents is 1. The Kier molecular flexibility index (Phi) is 1.54. The number of fused-ring (bicyclic) bond motifs is 1. The monoisotopic (exact) mass is 224 g/mol. The van der Waals surface area contributed by atoms with E-state index in [2.05, 4.69) is 15.9 Å². The predicted octanol–water partition coefficient (Wildman–Crippen LogP) is 2.36. The van der Waals surface area contributed by atoms with Crippen LogP contribution >= 0.6 is 15.9 Å². The van der Waals surface area contributed by atoms with Crippen LogP contribution in [0.5, 0.6) is 5.75 Å². The molecule has 12 heavy (non-hydrogen) atoms. The molecular weight excluding hydrogens is 220 g/mol. The lowest BCUT2D eigenvalue weighted by atomic mass is 10.1. The number of benzene rings is 1. The molecule has 1 aromatic carbocycles. The third kappa shape index (κ3) is 0.975. The van der Waals surface area contributed by atoms with Gasteiger partial charge >= 0.3 is 0 Å². The highest BCUT2D eigenvalue weighted by atomic mass is 79.9. The van der Waals surface area contributed by atoms with Crippen molar-refractivity contribution in [2.75, 3.05) is 0 Å². The number of allylic oxidation sites excluding steroid dienone is 1. The molecule has 0 aliphatic heterocycles. The number of ketones is 1. The summed E-state index contributed by atoms with van der Waals surface area (Å²) in [4.78, 5) is 11.2. The molecule has 0 amide bonds. The van der Waals surface area contributed by atoms with E-state index < -0.39 is 0 Å². The normalized spacial score (nSPS) is 13.6. The van der Waals surface area contributed by atoms with Crippen LogP contribution in [0.15, 0.2) is 22.7 Å². The third-order valence-electron chi connectivity index (χ3n) is 1.77. The molecule has 1 aliphatic carbocycles. The largest absolute Gasteiger partial charge is 0.508 e. The molecule has 2 nitrogen and oxygen atoms in total. The first-order chi connectivity index (χ1) is 5.68. The van der Waals surface area contributed by atoms with Crippen LogP contribution in [0.2, 0.25) is 0 Å². The van der Waals surface area contributed by atoms with Crippen LogP contribution in [0.3, 0.4) is 0 Å². The van der Waals surface area contributed by atoms with Crippen molar-refractivity contribution in [2.45, 2.75) is 0 Å². The predicted molar refractivity (Wildman–Crippen MR) is 49.2 cm³/mol. The molecule has 1 aromatic rings. The van der Waals surface area contributed by atoms with E-state index in [1.54, 1.807) is 12.1 Å². The van der Waals surface area contributed by atoms with Gasteiger partial charge in [-0.05, 0) is 39.7 Å². The van der Waals surface area contributed by atoms with Crippen LogP contribution < -0.4 is 0 Å². The van der Waals surface area contributed by atoms with Crippen molar-refractivity contribution in [3.05, 3.63) is 33.8 Å². The Labute approximate surface area is 77.7 Å². The van der Waals surface area contributed by atoms with Gasteiger partial charge in [-0.1, -0.05) is 6.08 Å². The van der Waals surface area contributed by atoms with Gasteiger partial charge in [0.05, 0.1) is 0 Å². The Morgan fingerprint density at radius 1 is 1.25 bits per heavy atom. The maximum Gasteiger partial charge on any atom is 0.187 e. The number of aromatic hydroxyl groups is 1. The Balaban J connectivity index is 2.74. The van der Waals surface area contributed by atoms with Crippen molar-refractivity contribution in [3.63, 3.8) is 0 Å². The Bertz CT molecular complexity index is 394.